The standard InChI is InChI=1S/C11H12O4/c1-14-9-4-6-10(7-5-9)15-8-2-3-11(12)13/h2-7H,8H2,1H3,(H,12,13). The molecule has 1 aromatic rings. The molecule has 0 aliphatic carbocycles. The molecule has 0 bridgehead atoms. The number of hydrogen-bond donors (Lipinski definition) is 1. The molecule has 0 saturated carbocycles. The lowest BCUT2D eigenvalue weighted by Crippen LogP contribution is -1.95. The molecule has 0 aliphatic rings. The highest BCUT2D eigenvalue weighted by Crippen LogP contribution is 2.16. The second-order valence-electron chi connectivity index (χ2n) is 2.73. The quantitative estimate of drug-likeness (QED) is 0.748. The Morgan fingerprint density at radius 3 is 2.47 bits per heavy atom. The van der Waals surface area contributed by atoms with E-state index in [1.165, 1.54) is 6.08 Å². The first-order chi connectivity index (χ1) is 7.22. The van der Waals surface area contributed by atoms with Crippen LogP contribution in [-0.4, -0.2) is 24.8 Å². The lowest BCUT2D eigenvalue weighted by Gasteiger charge is -2.03. The minimum atomic E-state index is -0.978. The summed E-state index contributed by atoms with van der Waals surface area (Å²) in [5.41, 5.74) is 0. The maximum Gasteiger partial charge on any atom is 0.328 e. The van der Waals surface area contributed by atoms with Gasteiger partial charge in [-0.15, -0.1) is 0 Å². The van der Waals surface area contributed by atoms with Gasteiger partial charge in [-0.2, -0.15) is 0 Å². The summed E-state index contributed by atoms with van der Waals surface area (Å²) >= 11 is 0. The van der Waals surface area contributed by atoms with Gasteiger partial charge in [-0.05, 0) is 30.3 Å². The van der Waals surface area contributed by atoms with Crippen molar-refractivity contribution in [2.24, 2.45) is 0 Å². The van der Waals surface area contributed by atoms with Gasteiger partial charge in [0.1, 0.15) is 18.1 Å². The van der Waals surface area contributed by atoms with E-state index >= 15 is 0 Å². The molecule has 0 aliphatic heterocycles. The Balaban J connectivity index is 2.41. The average molecular weight is 208 g/mol. The monoisotopic (exact) mass is 208 g/mol. The molecule has 4 nitrogen and oxygen atoms in total. The van der Waals surface area contributed by atoms with Crippen LogP contribution in [0.1, 0.15) is 0 Å². The third kappa shape index (κ3) is 4.17. The zero-order chi connectivity index (χ0) is 11.1. The van der Waals surface area contributed by atoms with Gasteiger partial charge in [0.05, 0.1) is 7.11 Å². The first kappa shape index (κ1) is 11.1. The van der Waals surface area contributed by atoms with Crippen molar-refractivity contribution >= 4 is 5.97 Å². The van der Waals surface area contributed by atoms with Crippen molar-refractivity contribution in [1.29, 1.82) is 0 Å². The molecule has 4 heteroatoms. The third-order valence-electron chi connectivity index (χ3n) is 1.67. The molecule has 0 saturated heterocycles. The normalized spacial score (nSPS) is 10.2. The van der Waals surface area contributed by atoms with Crippen molar-refractivity contribution in [3.05, 3.63) is 36.4 Å². The van der Waals surface area contributed by atoms with Crippen molar-refractivity contribution in [2.45, 2.75) is 0 Å². The molecule has 15 heavy (non-hydrogen) atoms. The van der Waals surface area contributed by atoms with Crippen LogP contribution in [0.15, 0.2) is 36.4 Å². The first-order valence-electron chi connectivity index (χ1n) is 4.38. The zero-order valence-corrected chi connectivity index (χ0v) is 8.34. The predicted molar refractivity (Wildman–Crippen MR) is 55.3 cm³/mol. The van der Waals surface area contributed by atoms with E-state index < -0.39 is 5.97 Å². The van der Waals surface area contributed by atoms with E-state index in [9.17, 15) is 4.79 Å². The van der Waals surface area contributed by atoms with Crippen LogP contribution in [0, 0.1) is 0 Å². The maximum atomic E-state index is 10.1. The number of aliphatic carboxylic acids is 1. The van der Waals surface area contributed by atoms with Crippen molar-refractivity contribution in [3.8, 4) is 11.5 Å². The fourth-order valence-corrected chi connectivity index (χ4v) is 0.965. The van der Waals surface area contributed by atoms with Crippen LogP contribution in [0.4, 0.5) is 0 Å². The smallest absolute Gasteiger partial charge is 0.328 e. The second kappa shape index (κ2) is 5.70. The van der Waals surface area contributed by atoms with Gasteiger partial charge in [-0.25, -0.2) is 4.79 Å². The third-order valence-corrected chi connectivity index (χ3v) is 1.67. The Bertz CT molecular complexity index is 340. The molecular formula is C11H12O4. The van der Waals surface area contributed by atoms with E-state index in [2.05, 4.69) is 0 Å². The molecule has 0 heterocycles. The summed E-state index contributed by atoms with van der Waals surface area (Å²) in [5, 5.41) is 8.32. The topological polar surface area (TPSA) is 55.8 Å². The van der Waals surface area contributed by atoms with Crippen molar-refractivity contribution in [2.75, 3.05) is 13.7 Å². The van der Waals surface area contributed by atoms with Gasteiger partial charge in [0.15, 0.2) is 0 Å². The summed E-state index contributed by atoms with van der Waals surface area (Å²) in [6.07, 6.45) is 2.48. The first-order valence-corrected chi connectivity index (χ1v) is 4.38. The van der Waals surface area contributed by atoms with Crippen LogP contribution in [0.5, 0.6) is 11.5 Å². The molecule has 0 amide bonds. The van der Waals surface area contributed by atoms with Crippen molar-refractivity contribution in [3.63, 3.8) is 0 Å². The minimum absolute atomic E-state index is 0.235. The van der Waals surface area contributed by atoms with Gasteiger partial charge in [0.25, 0.3) is 0 Å². The number of methoxy groups -OCH3 is 1. The summed E-state index contributed by atoms with van der Waals surface area (Å²) in [6.45, 7) is 0.235. The highest BCUT2D eigenvalue weighted by Gasteiger charge is 1.93. The Morgan fingerprint density at radius 1 is 1.33 bits per heavy atom. The van der Waals surface area contributed by atoms with Gasteiger partial charge in [-0.3, -0.25) is 0 Å². The summed E-state index contributed by atoms with van der Waals surface area (Å²) < 4.78 is 10.2. The number of carboxylic acids is 1. The van der Waals surface area contributed by atoms with Gasteiger partial charge in [-0.1, -0.05) is 0 Å². The summed E-state index contributed by atoms with van der Waals surface area (Å²) in [5.74, 6) is 0.447. The number of rotatable bonds is 5. The molecule has 0 fully saturated rings. The van der Waals surface area contributed by atoms with Crippen LogP contribution < -0.4 is 9.47 Å². The summed E-state index contributed by atoms with van der Waals surface area (Å²) in [4.78, 5) is 10.1. The molecule has 0 atom stereocenters. The van der Waals surface area contributed by atoms with E-state index in [-0.39, 0.29) is 6.61 Å². The summed E-state index contributed by atoms with van der Waals surface area (Å²) in [6, 6.07) is 7.06. The fourth-order valence-electron chi connectivity index (χ4n) is 0.965. The molecule has 1 aromatic carbocycles. The minimum Gasteiger partial charge on any atom is -0.497 e. The van der Waals surface area contributed by atoms with Crippen molar-refractivity contribution in [1.82, 2.24) is 0 Å². The lowest BCUT2D eigenvalue weighted by atomic mass is 10.3. The molecule has 0 aromatic heterocycles. The van der Waals surface area contributed by atoms with Crippen LogP contribution in [0.3, 0.4) is 0 Å². The van der Waals surface area contributed by atoms with Crippen LogP contribution in [0.25, 0.3) is 0 Å². The Labute approximate surface area is 87.7 Å². The molecular weight excluding hydrogens is 196 g/mol. The molecule has 0 radical (unpaired) electrons. The molecule has 0 unspecified atom stereocenters. The van der Waals surface area contributed by atoms with E-state index in [1.54, 1.807) is 31.4 Å². The number of ether oxygens (including phenoxy) is 2. The van der Waals surface area contributed by atoms with Gasteiger partial charge in [0.2, 0.25) is 0 Å². The fraction of sp³-hybridized carbons (Fsp3) is 0.182. The predicted octanol–water partition coefficient (Wildman–Crippen LogP) is 1.71. The number of carbonyl (C=O) groups is 1. The maximum absolute atomic E-state index is 10.1. The molecule has 1 rings (SSSR count). The highest BCUT2D eigenvalue weighted by atomic mass is 16.5. The number of benzene rings is 1. The van der Waals surface area contributed by atoms with Gasteiger partial charge < -0.3 is 14.6 Å². The van der Waals surface area contributed by atoms with E-state index in [0.29, 0.717) is 5.75 Å². The largest absolute Gasteiger partial charge is 0.497 e. The van der Waals surface area contributed by atoms with Gasteiger partial charge in [0, 0.05) is 6.08 Å². The Hall–Kier alpha value is -1.97. The highest BCUT2D eigenvalue weighted by molar-refractivity contribution is 5.79. The number of hydrogen-bond acceptors (Lipinski definition) is 3. The number of carboxylic acid groups (broad SMARTS) is 1. The molecule has 80 valence electrons. The van der Waals surface area contributed by atoms with E-state index in [4.69, 9.17) is 14.6 Å². The second-order valence-corrected chi connectivity index (χ2v) is 2.73. The Morgan fingerprint density at radius 2 is 1.93 bits per heavy atom. The molecule has 1 N–H and O–H groups in total. The Kier molecular flexibility index (Phi) is 4.22. The van der Waals surface area contributed by atoms with E-state index in [1.807, 2.05) is 0 Å². The van der Waals surface area contributed by atoms with E-state index in [0.717, 1.165) is 11.8 Å². The van der Waals surface area contributed by atoms with Crippen LogP contribution in [-0.2, 0) is 4.79 Å². The average Bonchev–Trinajstić information content (AvgIpc) is 2.25. The van der Waals surface area contributed by atoms with Crippen molar-refractivity contribution < 1.29 is 19.4 Å². The van der Waals surface area contributed by atoms with Gasteiger partial charge >= 0.3 is 5.97 Å². The molecule has 0 spiro atoms. The van der Waals surface area contributed by atoms with Crippen LogP contribution in [0.2, 0.25) is 0 Å². The SMILES string of the molecule is COc1ccc(OCC=CC(=O)O)cc1. The lowest BCUT2D eigenvalue weighted by molar-refractivity contribution is -0.131. The zero-order valence-electron chi connectivity index (χ0n) is 8.34. The van der Waals surface area contributed by atoms with Crippen LogP contribution >= 0.6 is 0 Å². The summed E-state index contributed by atoms with van der Waals surface area (Å²) in [7, 11) is 1.59.